The number of carbonyl (C=O) groups excluding carboxylic acids is 2. The molecule has 0 saturated carbocycles. The quantitative estimate of drug-likeness (QED) is 0.448. The van der Waals surface area contributed by atoms with E-state index in [0.717, 1.165) is 12.8 Å². The Hall–Kier alpha value is -1.12. The predicted molar refractivity (Wildman–Crippen MR) is 57.0 cm³/mol. The molecule has 1 saturated heterocycles. The van der Waals surface area contributed by atoms with E-state index >= 15 is 0 Å². The standard InChI is InChI=1S/C12H17NO2/c1-12(2,3)13-10(14)8-6-4-5-7-9(8)11(13)15/h4-5,8-9H,6-7H2,1-3H3. The maximum absolute atomic E-state index is 12.1. The Balaban J connectivity index is 2.33. The molecule has 3 nitrogen and oxygen atoms in total. The van der Waals surface area contributed by atoms with Gasteiger partial charge in [-0.3, -0.25) is 14.5 Å². The largest absolute Gasteiger partial charge is 0.277 e. The third-order valence-electron chi connectivity index (χ3n) is 3.18. The lowest BCUT2D eigenvalue weighted by Gasteiger charge is -2.30. The highest BCUT2D eigenvalue weighted by molar-refractivity contribution is 6.06. The molecule has 2 rings (SSSR count). The maximum Gasteiger partial charge on any atom is 0.233 e. The minimum absolute atomic E-state index is 0.0156. The molecule has 2 unspecified atom stereocenters. The number of fused-ring (bicyclic) bond motifs is 1. The van der Waals surface area contributed by atoms with Crippen LogP contribution in [0.1, 0.15) is 33.6 Å². The molecule has 0 aromatic heterocycles. The Kier molecular flexibility index (Phi) is 2.21. The fourth-order valence-electron chi connectivity index (χ4n) is 2.46. The van der Waals surface area contributed by atoms with E-state index in [1.807, 2.05) is 32.9 Å². The molecule has 0 spiro atoms. The number of amides is 2. The topological polar surface area (TPSA) is 37.4 Å². The Morgan fingerprint density at radius 1 is 1.07 bits per heavy atom. The Labute approximate surface area is 90.1 Å². The number of allylic oxidation sites excluding steroid dienone is 2. The second kappa shape index (κ2) is 3.19. The number of imide groups is 1. The zero-order valence-corrected chi connectivity index (χ0v) is 9.49. The molecule has 0 aromatic rings. The molecule has 1 aliphatic heterocycles. The van der Waals surface area contributed by atoms with E-state index in [1.54, 1.807) is 0 Å². The molecule has 3 heteroatoms. The number of likely N-dealkylation sites (tertiary alicyclic amines) is 1. The van der Waals surface area contributed by atoms with Gasteiger partial charge in [-0.05, 0) is 33.6 Å². The smallest absolute Gasteiger partial charge is 0.233 e. The van der Waals surface area contributed by atoms with Gasteiger partial charge in [0.25, 0.3) is 0 Å². The summed E-state index contributed by atoms with van der Waals surface area (Å²) in [6, 6.07) is 0. The molecule has 0 aromatic carbocycles. The van der Waals surface area contributed by atoms with Gasteiger partial charge >= 0.3 is 0 Å². The number of nitrogens with zero attached hydrogens (tertiary/aromatic N) is 1. The maximum atomic E-state index is 12.1. The van der Waals surface area contributed by atoms with Gasteiger partial charge in [-0.25, -0.2) is 0 Å². The monoisotopic (exact) mass is 207 g/mol. The Morgan fingerprint density at radius 2 is 1.47 bits per heavy atom. The minimum Gasteiger partial charge on any atom is -0.277 e. The van der Waals surface area contributed by atoms with Gasteiger partial charge in [-0.2, -0.15) is 0 Å². The summed E-state index contributed by atoms with van der Waals surface area (Å²) in [7, 11) is 0. The van der Waals surface area contributed by atoms with Crippen LogP contribution in [0.15, 0.2) is 12.2 Å². The lowest BCUT2D eigenvalue weighted by atomic mass is 9.85. The van der Waals surface area contributed by atoms with Gasteiger partial charge in [0.15, 0.2) is 0 Å². The number of rotatable bonds is 0. The molecule has 0 radical (unpaired) electrons. The molecular weight excluding hydrogens is 190 g/mol. The fraction of sp³-hybridized carbons (Fsp3) is 0.667. The molecular formula is C12H17NO2. The van der Waals surface area contributed by atoms with Crippen molar-refractivity contribution in [3.05, 3.63) is 12.2 Å². The molecule has 0 bridgehead atoms. The van der Waals surface area contributed by atoms with Crippen molar-refractivity contribution in [3.63, 3.8) is 0 Å². The molecule has 1 heterocycles. The first kappa shape index (κ1) is 10.4. The van der Waals surface area contributed by atoms with Crippen LogP contribution in [0.4, 0.5) is 0 Å². The summed E-state index contributed by atoms with van der Waals surface area (Å²) in [4.78, 5) is 25.6. The summed E-state index contributed by atoms with van der Waals surface area (Å²) >= 11 is 0. The first-order valence-corrected chi connectivity index (χ1v) is 5.46. The van der Waals surface area contributed by atoms with Gasteiger partial charge < -0.3 is 0 Å². The highest BCUT2D eigenvalue weighted by Gasteiger charge is 2.50. The molecule has 2 atom stereocenters. The van der Waals surface area contributed by atoms with E-state index in [9.17, 15) is 9.59 Å². The Morgan fingerprint density at radius 3 is 1.80 bits per heavy atom. The van der Waals surface area contributed by atoms with Crippen molar-refractivity contribution in [2.45, 2.75) is 39.2 Å². The van der Waals surface area contributed by atoms with Crippen LogP contribution in [0.3, 0.4) is 0 Å². The molecule has 1 fully saturated rings. The number of carbonyl (C=O) groups is 2. The summed E-state index contributed by atoms with van der Waals surface area (Å²) in [5.41, 5.74) is -0.383. The first-order valence-electron chi connectivity index (χ1n) is 5.46. The van der Waals surface area contributed by atoms with Crippen LogP contribution in [-0.2, 0) is 9.59 Å². The minimum atomic E-state index is -0.383. The van der Waals surface area contributed by atoms with Gasteiger partial charge in [0.2, 0.25) is 11.8 Å². The molecule has 2 aliphatic rings. The summed E-state index contributed by atoms with van der Waals surface area (Å²) in [5.74, 6) is -0.160. The highest BCUT2D eigenvalue weighted by atomic mass is 16.2. The second-order valence-corrected chi connectivity index (χ2v) is 5.34. The van der Waals surface area contributed by atoms with Gasteiger partial charge in [-0.1, -0.05) is 12.2 Å². The lowest BCUT2D eigenvalue weighted by Crippen LogP contribution is -2.46. The van der Waals surface area contributed by atoms with Crippen LogP contribution in [0, 0.1) is 11.8 Å². The number of hydrogen-bond donors (Lipinski definition) is 0. The van der Waals surface area contributed by atoms with Crippen molar-refractivity contribution in [2.24, 2.45) is 11.8 Å². The van der Waals surface area contributed by atoms with Crippen LogP contribution in [0.25, 0.3) is 0 Å². The predicted octanol–water partition coefficient (Wildman–Crippen LogP) is 1.74. The zero-order valence-electron chi connectivity index (χ0n) is 9.49. The van der Waals surface area contributed by atoms with Crippen LogP contribution in [0.2, 0.25) is 0 Å². The van der Waals surface area contributed by atoms with E-state index in [2.05, 4.69) is 0 Å². The van der Waals surface area contributed by atoms with Crippen LogP contribution in [-0.4, -0.2) is 22.3 Å². The number of hydrogen-bond acceptors (Lipinski definition) is 2. The average molecular weight is 207 g/mol. The molecule has 2 amide bonds. The summed E-state index contributed by atoms with van der Waals surface area (Å²) in [6.07, 6.45) is 5.47. The summed E-state index contributed by atoms with van der Waals surface area (Å²) in [5, 5.41) is 0. The van der Waals surface area contributed by atoms with E-state index in [1.165, 1.54) is 4.90 Å². The molecule has 0 N–H and O–H groups in total. The van der Waals surface area contributed by atoms with Crippen LogP contribution in [0.5, 0.6) is 0 Å². The normalized spacial score (nSPS) is 31.0. The zero-order chi connectivity index (χ0) is 11.2. The van der Waals surface area contributed by atoms with Gasteiger partial charge in [0.1, 0.15) is 0 Å². The van der Waals surface area contributed by atoms with Crippen molar-refractivity contribution in [1.29, 1.82) is 0 Å². The van der Waals surface area contributed by atoms with Crippen molar-refractivity contribution < 1.29 is 9.59 Å². The molecule has 82 valence electrons. The average Bonchev–Trinajstić information content (AvgIpc) is 2.39. The van der Waals surface area contributed by atoms with Gasteiger partial charge in [-0.15, -0.1) is 0 Å². The van der Waals surface area contributed by atoms with Crippen LogP contribution >= 0.6 is 0 Å². The SMILES string of the molecule is CC(C)(C)N1C(=O)C2CC=CCC2C1=O. The highest BCUT2D eigenvalue weighted by Crippen LogP contribution is 2.38. The van der Waals surface area contributed by atoms with Gasteiger partial charge in [0, 0.05) is 5.54 Å². The molecule has 1 aliphatic carbocycles. The van der Waals surface area contributed by atoms with Crippen LogP contribution < -0.4 is 0 Å². The van der Waals surface area contributed by atoms with E-state index in [4.69, 9.17) is 0 Å². The van der Waals surface area contributed by atoms with Crippen molar-refractivity contribution in [1.82, 2.24) is 4.90 Å². The fourth-order valence-corrected chi connectivity index (χ4v) is 2.46. The van der Waals surface area contributed by atoms with Crippen molar-refractivity contribution in [2.75, 3.05) is 0 Å². The van der Waals surface area contributed by atoms with Gasteiger partial charge in [0.05, 0.1) is 11.8 Å². The van der Waals surface area contributed by atoms with E-state index in [-0.39, 0.29) is 29.2 Å². The summed E-state index contributed by atoms with van der Waals surface area (Å²) in [6.45, 7) is 5.73. The lowest BCUT2D eigenvalue weighted by molar-refractivity contribution is -0.145. The van der Waals surface area contributed by atoms with Crippen molar-refractivity contribution >= 4 is 11.8 Å². The molecule has 15 heavy (non-hydrogen) atoms. The van der Waals surface area contributed by atoms with E-state index in [0.29, 0.717) is 0 Å². The summed E-state index contributed by atoms with van der Waals surface area (Å²) < 4.78 is 0. The second-order valence-electron chi connectivity index (χ2n) is 5.34. The third kappa shape index (κ3) is 1.50. The first-order chi connectivity index (χ1) is 6.93. The third-order valence-corrected chi connectivity index (χ3v) is 3.18. The van der Waals surface area contributed by atoms with Crippen molar-refractivity contribution in [3.8, 4) is 0 Å². The Bertz CT molecular complexity index is 312. The van der Waals surface area contributed by atoms with E-state index < -0.39 is 0 Å².